The summed E-state index contributed by atoms with van der Waals surface area (Å²) >= 11 is 8.44. The average molecular weight is 484 g/mol. The van der Waals surface area contributed by atoms with Gasteiger partial charge in [-0.25, -0.2) is 8.42 Å². The highest BCUT2D eigenvalue weighted by molar-refractivity contribution is 7.91. The van der Waals surface area contributed by atoms with Crippen LogP contribution in [-0.2, 0) is 28.3 Å². The smallest absolute Gasteiger partial charge is 0.252 e. The summed E-state index contributed by atoms with van der Waals surface area (Å²) in [4.78, 5) is 17.8. The molecule has 0 saturated carbocycles. The molecule has 1 aliphatic heterocycles. The predicted octanol–water partition coefficient (Wildman–Crippen LogP) is 4.05. The normalized spacial score (nSPS) is 17.1. The third-order valence-electron chi connectivity index (χ3n) is 5.43. The van der Waals surface area contributed by atoms with Gasteiger partial charge < -0.3 is 4.57 Å². The molecule has 1 saturated heterocycles. The second-order valence-corrected chi connectivity index (χ2v) is 12.2. The van der Waals surface area contributed by atoms with Crippen LogP contribution in [0.2, 0.25) is 4.34 Å². The Kier molecular flexibility index (Phi) is 6.18. The zero-order chi connectivity index (χ0) is 21.5. The van der Waals surface area contributed by atoms with E-state index in [1.165, 1.54) is 27.3 Å². The molecule has 0 N–H and O–H groups in total. The molecule has 6 nitrogen and oxygen atoms in total. The molecule has 1 aliphatic rings. The van der Waals surface area contributed by atoms with Crippen LogP contribution in [0.1, 0.15) is 25.3 Å². The summed E-state index contributed by atoms with van der Waals surface area (Å²) in [6.07, 6.45) is 1.90. The van der Waals surface area contributed by atoms with Gasteiger partial charge >= 0.3 is 0 Å². The van der Waals surface area contributed by atoms with Gasteiger partial charge in [0.05, 0.1) is 14.6 Å². The lowest BCUT2D eigenvalue weighted by molar-refractivity contribution is -0.122. The van der Waals surface area contributed by atoms with E-state index in [9.17, 15) is 13.2 Å². The highest BCUT2D eigenvalue weighted by Crippen LogP contribution is 2.30. The van der Waals surface area contributed by atoms with Crippen molar-refractivity contribution in [1.82, 2.24) is 8.87 Å². The number of thiazole rings is 1. The van der Waals surface area contributed by atoms with Crippen molar-refractivity contribution in [1.29, 1.82) is 0 Å². The van der Waals surface area contributed by atoms with Crippen molar-refractivity contribution in [3.63, 3.8) is 0 Å². The molecule has 0 atom stereocenters. The number of carbonyl (C=O) groups excluding carboxylic acids is 1. The highest BCUT2D eigenvalue weighted by Gasteiger charge is 2.32. The number of sulfonamides is 1. The summed E-state index contributed by atoms with van der Waals surface area (Å²) in [7, 11) is -1.64. The van der Waals surface area contributed by atoms with Gasteiger partial charge in [-0.2, -0.15) is 9.30 Å². The molecule has 1 amide bonds. The van der Waals surface area contributed by atoms with Gasteiger partial charge in [0.15, 0.2) is 4.80 Å². The van der Waals surface area contributed by atoms with E-state index in [0.717, 1.165) is 28.0 Å². The van der Waals surface area contributed by atoms with Crippen LogP contribution in [0.5, 0.6) is 0 Å². The lowest BCUT2D eigenvalue weighted by atomic mass is 9.98. The number of piperidine rings is 1. The lowest BCUT2D eigenvalue weighted by Crippen LogP contribution is -2.40. The van der Waals surface area contributed by atoms with E-state index in [-0.39, 0.29) is 16.0 Å². The SMILES string of the molecule is CCc1ccc2c(c1)sc(=NC(=O)C1CCN(S(=O)(=O)c3ccc(Cl)s3)CC1)n2C. The number of amides is 1. The highest BCUT2D eigenvalue weighted by atomic mass is 35.5. The maximum Gasteiger partial charge on any atom is 0.252 e. The third-order valence-corrected chi connectivity index (χ3v) is 10.1. The summed E-state index contributed by atoms with van der Waals surface area (Å²) < 4.78 is 30.6. The number of halogens is 1. The quantitative estimate of drug-likeness (QED) is 0.562. The van der Waals surface area contributed by atoms with Gasteiger partial charge in [0.1, 0.15) is 4.21 Å². The van der Waals surface area contributed by atoms with E-state index in [1.54, 1.807) is 6.07 Å². The minimum Gasteiger partial charge on any atom is -0.319 e. The minimum atomic E-state index is -3.56. The van der Waals surface area contributed by atoms with Crippen LogP contribution in [0.3, 0.4) is 0 Å². The monoisotopic (exact) mass is 483 g/mol. The van der Waals surface area contributed by atoms with Crippen LogP contribution >= 0.6 is 34.3 Å². The van der Waals surface area contributed by atoms with Gasteiger partial charge in [-0.15, -0.1) is 11.3 Å². The van der Waals surface area contributed by atoms with Crippen LogP contribution in [0.4, 0.5) is 0 Å². The van der Waals surface area contributed by atoms with Crippen LogP contribution in [0, 0.1) is 5.92 Å². The number of aromatic nitrogens is 1. The van der Waals surface area contributed by atoms with E-state index in [1.807, 2.05) is 11.6 Å². The molecule has 3 aromatic rings. The summed E-state index contributed by atoms with van der Waals surface area (Å²) in [6.45, 7) is 2.73. The molecule has 1 aromatic carbocycles. The number of benzene rings is 1. The van der Waals surface area contributed by atoms with Crippen LogP contribution in [0.25, 0.3) is 10.2 Å². The number of thiophene rings is 1. The summed E-state index contributed by atoms with van der Waals surface area (Å²) in [5.41, 5.74) is 2.31. The fourth-order valence-electron chi connectivity index (χ4n) is 3.60. The molecular formula is C20H22ClN3O3S3. The predicted molar refractivity (Wildman–Crippen MR) is 122 cm³/mol. The van der Waals surface area contributed by atoms with E-state index >= 15 is 0 Å². The summed E-state index contributed by atoms with van der Waals surface area (Å²) in [5.74, 6) is -0.441. The number of hydrogen-bond donors (Lipinski definition) is 0. The fourth-order valence-corrected chi connectivity index (χ4v) is 7.79. The maximum absolute atomic E-state index is 12.8. The zero-order valence-electron chi connectivity index (χ0n) is 16.7. The Morgan fingerprint density at radius 1 is 1.20 bits per heavy atom. The van der Waals surface area contributed by atoms with Crippen molar-refractivity contribution in [2.75, 3.05) is 13.1 Å². The van der Waals surface area contributed by atoms with Gasteiger partial charge in [0.2, 0.25) is 0 Å². The van der Waals surface area contributed by atoms with Crippen molar-refractivity contribution in [3.05, 3.63) is 45.0 Å². The second kappa shape index (κ2) is 8.55. The van der Waals surface area contributed by atoms with E-state index in [0.29, 0.717) is 35.1 Å². The lowest BCUT2D eigenvalue weighted by Gasteiger charge is -2.29. The molecule has 2 aromatic heterocycles. The number of rotatable bonds is 4. The minimum absolute atomic E-state index is 0.177. The topological polar surface area (TPSA) is 71.7 Å². The van der Waals surface area contributed by atoms with Crippen LogP contribution in [-0.4, -0.2) is 36.3 Å². The number of hydrogen-bond acceptors (Lipinski definition) is 5. The Balaban J connectivity index is 1.50. The number of fused-ring (bicyclic) bond motifs is 1. The Bertz CT molecular complexity index is 1270. The second-order valence-electron chi connectivity index (χ2n) is 7.29. The van der Waals surface area contributed by atoms with Crippen LogP contribution < -0.4 is 4.80 Å². The molecule has 0 aliphatic carbocycles. The first-order valence-corrected chi connectivity index (χ1v) is 13.2. The van der Waals surface area contributed by atoms with Gasteiger partial charge in [-0.05, 0) is 49.1 Å². The largest absolute Gasteiger partial charge is 0.319 e. The van der Waals surface area contributed by atoms with Crippen molar-refractivity contribution < 1.29 is 13.2 Å². The Morgan fingerprint density at radius 2 is 1.93 bits per heavy atom. The molecule has 10 heteroatoms. The molecule has 0 spiro atoms. The van der Waals surface area contributed by atoms with Gasteiger partial charge in [-0.3, -0.25) is 4.79 Å². The van der Waals surface area contributed by atoms with Gasteiger partial charge in [0.25, 0.3) is 15.9 Å². The van der Waals surface area contributed by atoms with Crippen LogP contribution in [0.15, 0.2) is 39.5 Å². The molecule has 0 radical (unpaired) electrons. The number of carbonyl (C=O) groups is 1. The summed E-state index contributed by atoms with van der Waals surface area (Å²) in [5, 5.41) is 0. The standard InChI is InChI=1S/C20H22ClN3O3S3/c1-3-13-4-5-15-16(12-13)28-20(23(15)2)22-19(25)14-8-10-24(11-9-14)30(26,27)18-7-6-17(21)29-18/h4-7,12,14H,3,8-11H2,1-2H3. The molecule has 0 bridgehead atoms. The molecular weight excluding hydrogens is 462 g/mol. The zero-order valence-corrected chi connectivity index (χ0v) is 19.9. The molecule has 160 valence electrons. The van der Waals surface area contributed by atoms with E-state index in [2.05, 4.69) is 30.1 Å². The van der Waals surface area contributed by atoms with Crippen molar-refractivity contribution in [3.8, 4) is 0 Å². The Labute approximate surface area is 188 Å². The Hall–Kier alpha value is -1.52. The molecule has 4 rings (SSSR count). The number of aryl methyl sites for hydroxylation is 2. The number of nitrogens with zero attached hydrogens (tertiary/aromatic N) is 3. The van der Waals surface area contributed by atoms with Crippen molar-refractivity contribution in [2.24, 2.45) is 18.0 Å². The summed E-state index contributed by atoms with van der Waals surface area (Å²) in [6, 6.07) is 9.42. The molecule has 30 heavy (non-hydrogen) atoms. The first-order valence-electron chi connectivity index (χ1n) is 9.72. The molecule has 3 heterocycles. The Morgan fingerprint density at radius 3 is 2.57 bits per heavy atom. The van der Waals surface area contributed by atoms with Gasteiger partial charge in [0, 0.05) is 26.1 Å². The average Bonchev–Trinajstić information content (AvgIpc) is 3.31. The van der Waals surface area contributed by atoms with Crippen molar-refractivity contribution >= 4 is 60.4 Å². The first kappa shape index (κ1) is 21.7. The fraction of sp³-hybridized carbons (Fsp3) is 0.400. The van der Waals surface area contributed by atoms with Gasteiger partial charge in [-0.1, -0.05) is 35.9 Å². The van der Waals surface area contributed by atoms with E-state index < -0.39 is 10.0 Å². The maximum atomic E-state index is 12.8. The van der Waals surface area contributed by atoms with E-state index in [4.69, 9.17) is 11.6 Å². The third kappa shape index (κ3) is 4.13. The molecule has 1 fully saturated rings. The molecule has 0 unspecified atom stereocenters. The van der Waals surface area contributed by atoms with Crippen molar-refractivity contribution in [2.45, 2.75) is 30.4 Å². The first-order chi connectivity index (χ1) is 14.3.